The quantitative estimate of drug-likeness (QED) is 0.0221. The van der Waals surface area contributed by atoms with E-state index >= 15 is 0 Å². The van der Waals surface area contributed by atoms with Crippen LogP contribution in [0.4, 0.5) is 4.39 Å². The van der Waals surface area contributed by atoms with Crippen molar-refractivity contribution in [3.63, 3.8) is 0 Å². The fraction of sp³-hybridized carbons (Fsp3) is 0.444. The van der Waals surface area contributed by atoms with Gasteiger partial charge in [0.1, 0.15) is 127 Å². The summed E-state index contributed by atoms with van der Waals surface area (Å²) in [6.45, 7) is 52.0. The molecule has 814 valence electrons. The van der Waals surface area contributed by atoms with Crippen LogP contribution in [0.2, 0.25) is 5.02 Å². The number of halogens is 2. The normalized spacial score (nSPS) is 12.5. The molecule has 25 nitrogen and oxygen atoms in total. The van der Waals surface area contributed by atoms with Crippen LogP contribution < -0.4 is 47.4 Å². The molecule has 5 N–H and O–H groups in total. The molecule has 0 fully saturated rings. The largest absolute Gasteiger partial charge is 0.491 e. The van der Waals surface area contributed by atoms with Gasteiger partial charge in [-0.25, -0.2) is 28.4 Å². The van der Waals surface area contributed by atoms with Crippen molar-refractivity contribution in [2.24, 2.45) is 0 Å². The Kier molecular flexibility index (Phi) is 53.7. The van der Waals surface area contributed by atoms with Crippen molar-refractivity contribution in [2.45, 2.75) is 269 Å². The van der Waals surface area contributed by atoms with Crippen LogP contribution in [0.1, 0.15) is 179 Å². The number of hydrogen-bond acceptors (Lipinski definition) is 25. The lowest BCUT2D eigenvalue weighted by Gasteiger charge is -2.23. The number of thioether (sulfide) groups is 5. The molecule has 0 radical (unpaired) electrons. The number of hydrogen-bond donors (Lipinski definition) is 5. The number of carbonyl (C=O) groups is 5. The van der Waals surface area contributed by atoms with Crippen LogP contribution in [-0.2, 0) is 47.7 Å². The molecular formula is C117H152ClFO25S5. The highest BCUT2D eigenvalue weighted by molar-refractivity contribution is 8.00. The predicted octanol–water partition coefficient (Wildman–Crippen LogP) is 27.2. The second-order valence-corrected chi connectivity index (χ2v) is 43.8. The van der Waals surface area contributed by atoms with E-state index in [0.29, 0.717) is 129 Å². The molecule has 0 saturated carbocycles. The van der Waals surface area contributed by atoms with Crippen molar-refractivity contribution in [2.75, 3.05) is 94.8 Å². The maximum Gasteiger partial charge on any atom is 0.347 e. The van der Waals surface area contributed by atoms with Gasteiger partial charge >= 0.3 is 29.8 Å². The maximum absolute atomic E-state index is 13.7. The van der Waals surface area contributed by atoms with Crippen molar-refractivity contribution in [3.8, 4) is 57.5 Å². The van der Waals surface area contributed by atoms with Crippen molar-refractivity contribution in [3.05, 3.63) is 267 Å². The summed E-state index contributed by atoms with van der Waals surface area (Å²) >= 11 is 14.5. The Labute approximate surface area is 906 Å². The number of rotatable bonds is 56. The molecule has 0 aromatic heterocycles. The van der Waals surface area contributed by atoms with Crippen LogP contribution >= 0.6 is 70.4 Å². The zero-order valence-corrected chi connectivity index (χ0v) is 95.7. The molecule has 0 bridgehead atoms. The third-order valence-electron chi connectivity index (χ3n) is 22.4. The van der Waals surface area contributed by atoms with Gasteiger partial charge in [-0.15, -0.1) is 58.8 Å². The van der Waals surface area contributed by atoms with Crippen LogP contribution in [0.25, 0.3) is 0 Å². The van der Waals surface area contributed by atoms with Crippen LogP contribution in [-0.4, -0.2) is 209 Å². The van der Waals surface area contributed by atoms with Gasteiger partial charge in [0.05, 0.1) is 0 Å². The van der Waals surface area contributed by atoms with Crippen LogP contribution in [0.3, 0.4) is 0 Å². The third-order valence-corrected chi connectivity index (χ3v) is 28.4. The lowest BCUT2D eigenvalue weighted by Crippen LogP contribution is -2.38. The van der Waals surface area contributed by atoms with Crippen LogP contribution in [0.15, 0.2) is 225 Å². The highest BCUT2D eigenvalue weighted by Crippen LogP contribution is 2.37. The minimum atomic E-state index is -1.30. The summed E-state index contributed by atoms with van der Waals surface area (Å²) in [6, 6.07) is 63.3. The minimum Gasteiger partial charge on any atom is -0.491 e. The average molecular weight is 2170 g/mol. The zero-order chi connectivity index (χ0) is 111. The molecule has 0 saturated heterocycles. The first-order chi connectivity index (χ1) is 70.3. The van der Waals surface area contributed by atoms with Gasteiger partial charge in [0.25, 0.3) is 0 Å². The Hall–Kier alpha value is -10.7. The standard InChI is InChI=1S/C25H34O5S.C23H29ClO5S.C23H29FO5S.2C23H30O5S/c1-7-28-21(15-29-20-10-8-19(9-11-20)17(2)3)16-31-22-12-13-23(18(4)14-22)30-25(5,6)24(26)27;2*1-6-27-18(13-28-17-8-7-15(2)20(24)12-17)14-30-19-9-10-21(16(3)11-19)29-23(4,5)22(25)26;2*1-6-26-19(14-27-18-9-7-16(2)8-10-18)15-29-20-11-12-21(17(3)13-20)28-23(4,5)22(24)25/h8-14,17,21H,7,15-16H2,1-6H3,(H,26,27);2*7-12,18H,6,13-14H2,1-5H3,(H,25,26);2*7-13,19H,6,14-15H2,1-5H3,(H,24,25). The van der Waals surface area contributed by atoms with Crippen molar-refractivity contribution < 1.29 is 125 Å². The van der Waals surface area contributed by atoms with E-state index in [1.807, 2.05) is 254 Å². The number of benzene rings is 10. The molecule has 0 heterocycles. The molecule has 0 amide bonds. The van der Waals surface area contributed by atoms with Gasteiger partial charge in [0, 0.05) is 97.4 Å². The lowest BCUT2D eigenvalue weighted by atomic mass is 10.0. The summed E-state index contributed by atoms with van der Waals surface area (Å²) in [7, 11) is 0. The molecule has 10 aromatic rings. The third kappa shape index (κ3) is 45.8. The van der Waals surface area contributed by atoms with Gasteiger partial charge in [-0.2, -0.15) is 0 Å². The Morgan fingerprint density at radius 1 is 0.282 bits per heavy atom. The molecule has 149 heavy (non-hydrogen) atoms. The molecule has 32 heteroatoms. The van der Waals surface area contributed by atoms with E-state index in [1.54, 1.807) is 97.8 Å². The summed E-state index contributed by atoms with van der Waals surface area (Å²) in [6.07, 6.45) is -0.349. The summed E-state index contributed by atoms with van der Waals surface area (Å²) in [5, 5.41) is 46.9. The van der Waals surface area contributed by atoms with Gasteiger partial charge in [0.2, 0.25) is 0 Å². The van der Waals surface area contributed by atoms with E-state index in [2.05, 4.69) is 26.0 Å². The first kappa shape index (κ1) is 127. The van der Waals surface area contributed by atoms with Crippen molar-refractivity contribution in [1.29, 1.82) is 0 Å². The average Bonchev–Trinajstić information content (AvgIpc) is 0.779. The number of carboxylic acids is 5. The van der Waals surface area contributed by atoms with Crippen LogP contribution in [0, 0.1) is 68.1 Å². The SMILES string of the molecule is CCOC(COc1ccc(C(C)C)cc1)CSc1ccc(OC(C)(C)C(=O)O)c(C)c1.CCOC(COc1ccc(C)c(Cl)c1)CSc1ccc(OC(C)(C)C(=O)O)c(C)c1.CCOC(COc1ccc(C)c(F)c1)CSc1ccc(OC(C)(C)C(=O)O)c(C)c1.CCOC(COc1ccc(C)cc1)CSc1ccc(OC(C)(C)C(=O)O)c(C)c1.CCOC(COc1ccc(C)cc1)CSc1ccc(OC(C)(C)C(=O)O)c(C)c1. The molecule has 5 unspecified atom stereocenters. The Bertz CT molecular complexity index is 5540. The van der Waals surface area contributed by atoms with E-state index in [4.69, 9.17) is 82.7 Å². The second-order valence-electron chi connectivity index (χ2n) is 37.9. The smallest absolute Gasteiger partial charge is 0.347 e. The maximum atomic E-state index is 13.7. The highest BCUT2D eigenvalue weighted by atomic mass is 35.5. The van der Waals surface area contributed by atoms with E-state index < -0.39 is 57.9 Å². The molecule has 0 aliphatic carbocycles. The molecule has 5 atom stereocenters. The summed E-state index contributed by atoms with van der Waals surface area (Å²) in [5.41, 5.74) is 3.30. The van der Waals surface area contributed by atoms with E-state index in [9.17, 15) is 53.9 Å². The highest BCUT2D eigenvalue weighted by Gasteiger charge is 2.35. The molecule has 10 aromatic carbocycles. The van der Waals surface area contributed by atoms with Gasteiger partial charge in [-0.1, -0.05) is 85.1 Å². The summed E-state index contributed by atoms with van der Waals surface area (Å²) in [5.74, 6) is 5.35. The van der Waals surface area contributed by atoms with E-state index in [-0.39, 0.29) is 36.3 Å². The van der Waals surface area contributed by atoms with Gasteiger partial charge in [-0.3, -0.25) is 0 Å². The summed E-state index contributed by atoms with van der Waals surface area (Å²) in [4.78, 5) is 61.7. The van der Waals surface area contributed by atoms with Gasteiger partial charge < -0.3 is 96.6 Å². The number of aliphatic carboxylic acids is 5. The molecule has 0 spiro atoms. The predicted molar refractivity (Wildman–Crippen MR) is 596 cm³/mol. The number of carboxylic acid groups (broad SMARTS) is 5. The van der Waals surface area contributed by atoms with Crippen LogP contribution in [0.5, 0.6) is 57.5 Å². The summed E-state index contributed by atoms with van der Waals surface area (Å²) < 4.78 is 100. The lowest BCUT2D eigenvalue weighted by molar-refractivity contribution is -0.152. The van der Waals surface area contributed by atoms with Gasteiger partial charge in [-0.05, 0) is 362 Å². The Balaban J connectivity index is 0.000000284. The molecular weight excluding hydrogens is 2020 g/mol. The first-order valence-electron chi connectivity index (χ1n) is 49.5. The zero-order valence-electron chi connectivity index (χ0n) is 90.8. The second kappa shape index (κ2) is 63.0. The monoisotopic (exact) mass is 2170 g/mol. The fourth-order valence-electron chi connectivity index (χ4n) is 13.1. The number of aryl methyl sites for hydroxylation is 9. The Morgan fingerprint density at radius 3 is 0.691 bits per heavy atom. The van der Waals surface area contributed by atoms with E-state index in [0.717, 1.165) is 98.1 Å². The first-order valence-corrected chi connectivity index (χ1v) is 54.9. The molecule has 0 aliphatic heterocycles. The minimum absolute atomic E-state index is 0.0338. The van der Waals surface area contributed by atoms with Gasteiger partial charge in [0.15, 0.2) is 28.0 Å². The van der Waals surface area contributed by atoms with E-state index in [1.165, 1.54) is 78.1 Å². The molecule has 10 rings (SSSR count). The molecule has 0 aliphatic rings. The number of ether oxygens (including phenoxy) is 15. The van der Waals surface area contributed by atoms with Crippen molar-refractivity contribution in [1.82, 2.24) is 0 Å². The fourth-order valence-corrected chi connectivity index (χ4v) is 18.2. The Morgan fingerprint density at radius 2 is 0.490 bits per heavy atom. The topological polar surface area (TPSA) is 325 Å². The van der Waals surface area contributed by atoms with Crippen molar-refractivity contribution >= 4 is 100 Å².